The van der Waals surface area contributed by atoms with Gasteiger partial charge in [-0.05, 0) is 43.5 Å². The number of carbonyl (C=O) groups is 1. The molecule has 0 spiro atoms. The van der Waals surface area contributed by atoms with Gasteiger partial charge in [-0.25, -0.2) is 0 Å². The molecular formula is C15H24N2O. The molecule has 0 aromatic heterocycles. The maximum absolute atomic E-state index is 11.7. The van der Waals surface area contributed by atoms with Crippen molar-refractivity contribution in [1.29, 1.82) is 0 Å². The van der Waals surface area contributed by atoms with Gasteiger partial charge in [-0.3, -0.25) is 4.79 Å². The molecule has 0 fully saturated rings. The molecule has 1 rings (SSSR count). The van der Waals surface area contributed by atoms with Crippen LogP contribution in [0.5, 0.6) is 0 Å². The highest BCUT2D eigenvalue weighted by atomic mass is 16.1. The number of aryl methyl sites for hydroxylation is 1. The lowest BCUT2D eigenvalue weighted by molar-refractivity contribution is -0.116. The minimum atomic E-state index is 0.111. The molecule has 0 bridgehead atoms. The molecule has 3 N–H and O–H groups in total. The van der Waals surface area contributed by atoms with Crippen LogP contribution in [0.3, 0.4) is 0 Å². The van der Waals surface area contributed by atoms with Crippen LogP contribution in [0.2, 0.25) is 0 Å². The highest BCUT2D eigenvalue weighted by Gasteiger charge is 2.02. The van der Waals surface area contributed by atoms with Gasteiger partial charge in [0.25, 0.3) is 0 Å². The fourth-order valence-corrected chi connectivity index (χ4v) is 1.87. The summed E-state index contributed by atoms with van der Waals surface area (Å²) < 4.78 is 0. The van der Waals surface area contributed by atoms with E-state index < -0.39 is 0 Å². The van der Waals surface area contributed by atoms with E-state index in [2.05, 4.69) is 18.3 Å². The SMILES string of the molecule is CCCCCC(=O)Nc1cccc(CCCN)c1. The second kappa shape index (κ2) is 8.70. The van der Waals surface area contributed by atoms with E-state index in [-0.39, 0.29) is 5.91 Å². The number of amides is 1. The topological polar surface area (TPSA) is 55.1 Å². The predicted molar refractivity (Wildman–Crippen MR) is 76.6 cm³/mol. The Hall–Kier alpha value is -1.35. The fourth-order valence-electron chi connectivity index (χ4n) is 1.87. The molecule has 0 aliphatic rings. The number of nitrogens with two attached hydrogens (primary N) is 1. The quantitative estimate of drug-likeness (QED) is 0.695. The Morgan fingerprint density at radius 1 is 1.28 bits per heavy atom. The van der Waals surface area contributed by atoms with Crippen LogP contribution in [0.15, 0.2) is 24.3 Å². The lowest BCUT2D eigenvalue weighted by Crippen LogP contribution is -2.11. The number of carbonyl (C=O) groups excluding carboxylic acids is 1. The zero-order valence-corrected chi connectivity index (χ0v) is 11.2. The zero-order valence-electron chi connectivity index (χ0n) is 11.2. The highest BCUT2D eigenvalue weighted by Crippen LogP contribution is 2.13. The van der Waals surface area contributed by atoms with Crippen LogP contribution in [0.25, 0.3) is 0 Å². The molecule has 3 nitrogen and oxygen atoms in total. The number of hydrogen-bond donors (Lipinski definition) is 2. The third-order valence-corrected chi connectivity index (χ3v) is 2.89. The van der Waals surface area contributed by atoms with Crippen LogP contribution < -0.4 is 11.1 Å². The summed E-state index contributed by atoms with van der Waals surface area (Å²) in [6, 6.07) is 8.02. The van der Waals surface area contributed by atoms with Crippen molar-refractivity contribution in [3.63, 3.8) is 0 Å². The van der Waals surface area contributed by atoms with Crippen LogP contribution in [-0.2, 0) is 11.2 Å². The molecule has 18 heavy (non-hydrogen) atoms. The van der Waals surface area contributed by atoms with Crippen molar-refractivity contribution in [2.24, 2.45) is 5.73 Å². The first-order valence-electron chi connectivity index (χ1n) is 6.85. The van der Waals surface area contributed by atoms with Crippen molar-refractivity contribution >= 4 is 11.6 Å². The molecule has 3 heteroatoms. The summed E-state index contributed by atoms with van der Waals surface area (Å²) in [6.07, 6.45) is 5.78. The number of nitrogens with one attached hydrogen (secondary N) is 1. The van der Waals surface area contributed by atoms with E-state index in [1.54, 1.807) is 0 Å². The van der Waals surface area contributed by atoms with Gasteiger partial charge in [-0.2, -0.15) is 0 Å². The first-order valence-corrected chi connectivity index (χ1v) is 6.85. The molecule has 0 saturated heterocycles. The van der Waals surface area contributed by atoms with E-state index in [0.29, 0.717) is 13.0 Å². The van der Waals surface area contributed by atoms with Crippen molar-refractivity contribution < 1.29 is 4.79 Å². The number of hydrogen-bond acceptors (Lipinski definition) is 2. The fraction of sp³-hybridized carbons (Fsp3) is 0.533. The molecule has 0 heterocycles. The van der Waals surface area contributed by atoms with Crippen molar-refractivity contribution in [3.05, 3.63) is 29.8 Å². The Morgan fingerprint density at radius 3 is 2.83 bits per heavy atom. The molecule has 1 amide bonds. The second-order valence-corrected chi connectivity index (χ2v) is 4.60. The maximum atomic E-state index is 11.7. The van der Waals surface area contributed by atoms with E-state index in [9.17, 15) is 4.79 Å². The van der Waals surface area contributed by atoms with Gasteiger partial charge in [0.2, 0.25) is 5.91 Å². The summed E-state index contributed by atoms with van der Waals surface area (Å²) in [6.45, 7) is 2.84. The lowest BCUT2D eigenvalue weighted by Gasteiger charge is -2.07. The largest absolute Gasteiger partial charge is 0.330 e. The van der Waals surface area contributed by atoms with E-state index in [4.69, 9.17) is 5.73 Å². The van der Waals surface area contributed by atoms with Crippen molar-refractivity contribution in [3.8, 4) is 0 Å². The molecule has 0 radical (unpaired) electrons. The third kappa shape index (κ3) is 5.82. The van der Waals surface area contributed by atoms with Crippen LogP contribution >= 0.6 is 0 Å². The van der Waals surface area contributed by atoms with Gasteiger partial charge in [0.05, 0.1) is 0 Å². The molecule has 0 unspecified atom stereocenters. The minimum absolute atomic E-state index is 0.111. The number of rotatable bonds is 8. The van der Waals surface area contributed by atoms with Gasteiger partial charge < -0.3 is 11.1 Å². The number of unbranched alkanes of at least 4 members (excludes halogenated alkanes) is 2. The average Bonchev–Trinajstić information content (AvgIpc) is 2.37. The van der Waals surface area contributed by atoms with E-state index in [1.807, 2.05) is 18.2 Å². The molecule has 0 aliphatic heterocycles. The smallest absolute Gasteiger partial charge is 0.224 e. The van der Waals surface area contributed by atoms with Gasteiger partial charge in [0, 0.05) is 12.1 Å². The van der Waals surface area contributed by atoms with E-state index in [0.717, 1.165) is 37.8 Å². The first kappa shape index (κ1) is 14.7. The Labute approximate surface area is 110 Å². The Morgan fingerprint density at radius 2 is 2.11 bits per heavy atom. The van der Waals surface area contributed by atoms with Crippen LogP contribution in [0, 0.1) is 0 Å². The standard InChI is InChI=1S/C15H24N2O/c1-2-3-4-10-15(18)17-14-9-5-7-13(12-14)8-6-11-16/h5,7,9,12H,2-4,6,8,10-11,16H2,1H3,(H,17,18). The molecule has 0 saturated carbocycles. The third-order valence-electron chi connectivity index (χ3n) is 2.89. The summed E-state index contributed by atoms with van der Waals surface area (Å²) in [4.78, 5) is 11.7. The van der Waals surface area contributed by atoms with Crippen LogP contribution in [0.1, 0.15) is 44.6 Å². The van der Waals surface area contributed by atoms with Gasteiger partial charge in [0.1, 0.15) is 0 Å². The molecule has 0 aliphatic carbocycles. The summed E-state index contributed by atoms with van der Waals surface area (Å²) >= 11 is 0. The van der Waals surface area contributed by atoms with Gasteiger partial charge in [-0.1, -0.05) is 31.9 Å². The Bertz CT molecular complexity index is 363. The average molecular weight is 248 g/mol. The van der Waals surface area contributed by atoms with Crippen molar-refractivity contribution in [1.82, 2.24) is 0 Å². The number of anilines is 1. The van der Waals surface area contributed by atoms with Gasteiger partial charge in [0.15, 0.2) is 0 Å². The summed E-state index contributed by atoms with van der Waals surface area (Å²) in [5, 5.41) is 2.95. The zero-order chi connectivity index (χ0) is 13.2. The van der Waals surface area contributed by atoms with Crippen molar-refractivity contribution in [2.45, 2.75) is 45.4 Å². The summed E-state index contributed by atoms with van der Waals surface area (Å²) in [7, 11) is 0. The van der Waals surface area contributed by atoms with Gasteiger partial charge >= 0.3 is 0 Å². The predicted octanol–water partition coefficient (Wildman–Crippen LogP) is 3.10. The molecule has 1 aromatic carbocycles. The van der Waals surface area contributed by atoms with Crippen molar-refractivity contribution in [2.75, 3.05) is 11.9 Å². The summed E-state index contributed by atoms with van der Waals surface area (Å²) in [5.74, 6) is 0.111. The van der Waals surface area contributed by atoms with Crippen LogP contribution in [-0.4, -0.2) is 12.5 Å². The highest BCUT2D eigenvalue weighted by molar-refractivity contribution is 5.90. The molecule has 1 aromatic rings. The van der Waals surface area contributed by atoms with Gasteiger partial charge in [-0.15, -0.1) is 0 Å². The Kier molecular flexibility index (Phi) is 7.11. The summed E-state index contributed by atoms with van der Waals surface area (Å²) in [5.41, 5.74) is 7.62. The van der Waals surface area contributed by atoms with Crippen LogP contribution in [0.4, 0.5) is 5.69 Å². The van der Waals surface area contributed by atoms with E-state index in [1.165, 1.54) is 5.56 Å². The molecule has 0 atom stereocenters. The van der Waals surface area contributed by atoms with E-state index >= 15 is 0 Å². The monoisotopic (exact) mass is 248 g/mol. The molecular weight excluding hydrogens is 224 g/mol. The Balaban J connectivity index is 2.43. The molecule has 100 valence electrons. The second-order valence-electron chi connectivity index (χ2n) is 4.60. The minimum Gasteiger partial charge on any atom is -0.330 e. The normalized spacial score (nSPS) is 10.3. The lowest BCUT2D eigenvalue weighted by atomic mass is 10.1. The first-order chi connectivity index (χ1) is 8.76. The number of benzene rings is 1. The maximum Gasteiger partial charge on any atom is 0.224 e.